The lowest BCUT2D eigenvalue weighted by Crippen LogP contribution is -2.60. The molecule has 0 radical (unpaired) electrons. The van der Waals surface area contributed by atoms with Crippen LogP contribution in [0.1, 0.15) is 6.92 Å². The SMILES string of the molecule is CC1O[C@@H](OCC2O[C@@H](Oc3c(-c4ccc(OCCO)c(OCCO)c4)oc4cc(OCCO)cc(O)c4c3=O)C(O)C(O)[C@@H]2O)C(O)C(O)=C1O. The predicted octanol–water partition coefficient (Wildman–Crippen LogP) is -1.08. The zero-order valence-corrected chi connectivity index (χ0v) is 27.6. The lowest BCUT2D eigenvalue weighted by atomic mass is 9.99. The molecule has 52 heavy (non-hydrogen) atoms. The zero-order chi connectivity index (χ0) is 37.7. The number of fused-ring (bicyclic) bond motifs is 1. The zero-order valence-electron chi connectivity index (χ0n) is 27.6. The normalized spacial score (nSPS) is 26.4. The highest BCUT2D eigenvalue weighted by atomic mass is 16.7. The van der Waals surface area contributed by atoms with Crippen molar-refractivity contribution in [1.29, 1.82) is 0 Å². The molecule has 0 spiro atoms. The van der Waals surface area contributed by atoms with Crippen molar-refractivity contribution in [3.8, 4) is 40.1 Å². The third-order valence-electron chi connectivity index (χ3n) is 8.02. The van der Waals surface area contributed by atoms with E-state index in [-0.39, 0.29) is 73.8 Å². The second kappa shape index (κ2) is 16.9. The third kappa shape index (κ3) is 8.13. The Morgan fingerprint density at radius 2 is 1.42 bits per heavy atom. The molecule has 2 aromatic carbocycles. The molecule has 5 unspecified atom stereocenters. The first-order valence-electron chi connectivity index (χ1n) is 16.0. The Kier molecular flexibility index (Phi) is 12.6. The maximum absolute atomic E-state index is 14.1. The van der Waals surface area contributed by atoms with Crippen molar-refractivity contribution < 1.29 is 88.6 Å². The maximum atomic E-state index is 14.1. The van der Waals surface area contributed by atoms with Gasteiger partial charge in [0, 0.05) is 17.7 Å². The van der Waals surface area contributed by atoms with Crippen LogP contribution < -0.4 is 24.4 Å². The van der Waals surface area contributed by atoms with Gasteiger partial charge in [-0.3, -0.25) is 4.79 Å². The van der Waals surface area contributed by atoms with E-state index in [1.807, 2.05) is 0 Å². The molecule has 0 saturated carbocycles. The van der Waals surface area contributed by atoms with Crippen molar-refractivity contribution in [1.82, 2.24) is 0 Å². The number of phenols is 1. The molecule has 3 aromatic rings. The Morgan fingerprint density at radius 3 is 2.12 bits per heavy atom. The highest BCUT2D eigenvalue weighted by Gasteiger charge is 2.47. The molecule has 5 rings (SSSR count). The number of hydrogen-bond donors (Lipinski definition) is 10. The second-order valence-electron chi connectivity index (χ2n) is 11.6. The molecule has 286 valence electrons. The number of rotatable bonds is 15. The monoisotopic (exact) mass is 740 g/mol. The van der Waals surface area contributed by atoms with Crippen molar-refractivity contribution in [2.75, 3.05) is 46.2 Å². The number of hydrogen-bond acceptors (Lipinski definition) is 19. The van der Waals surface area contributed by atoms with Crippen LogP contribution in [-0.2, 0) is 14.2 Å². The maximum Gasteiger partial charge on any atom is 0.239 e. The summed E-state index contributed by atoms with van der Waals surface area (Å²) in [7, 11) is 0. The van der Waals surface area contributed by atoms with E-state index in [0.29, 0.717) is 0 Å². The van der Waals surface area contributed by atoms with Gasteiger partial charge in [0.25, 0.3) is 0 Å². The number of aliphatic hydroxyl groups excluding tert-OH is 9. The van der Waals surface area contributed by atoms with Crippen molar-refractivity contribution in [3.63, 3.8) is 0 Å². The number of benzene rings is 2. The summed E-state index contributed by atoms with van der Waals surface area (Å²) in [5, 5.41) is 101. The fraction of sp³-hybridized carbons (Fsp3) is 0.485. The molecular weight excluding hydrogens is 700 g/mol. The van der Waals surface area contributed by atoms with Gasteiger partial charge in [-0.25, -0.2) is 0 Å². The minimum Gasteiger partial charge on any atom is -0.507 e. The van der Waals surface area contributed by atoms with Crippen LogP contribution in [0.2, 0.25) is 0 Å². The number of ether oxygens (including phenoxy) is 7. The first kappa shape index (κ1) is 38.8. The van der Waals surface area contributed by atoms with Gasteiger partial charge >= 0.3 is 0 Å². The molecule has 2 aliphatic rings. The van der Waals surface area contributed by atoms with Crippen molar-refractivity contribution in [2.24, 2.45) is 0 Å². The van der Waals surface area contributed by atoms with Crippen molar-refractivity contribution in [2.45, 2.75) is 56.1 Å². The van der Waals surface area contributed by atoms with Crippen LogP contribution in [0.4, 0.5) is 0 Å². The molecule has 0 aliphatic carbocycles. The topological polar surface area (TPSA) is 297 Å². The van der Waals surface area contributed by atoms with E-state index < -0.39 is 89.6 Å². The summed E-state index contributed by atoms with van der Waals surface area (Å²) in [4.78, 5) is 14.1. The first-order valence-corrected chi connectivity index (χ1v) is 16.0. The predicted molar refractivity (Wildman–Crippen MR) is 173 cm³/mol. The molecule has 3 heterocycles. The van der Waals surface area contributed by atoms with Crippen LogP contribution in [0.5, 0.6) is 28.7 Å². The van der Waals surface area contributed by atoms with E-state index in [2.05, 4.69) is 0 Å². The van der Waals surface area contributed by atoms with Crippen molar-refractivity contribution >= 4 is 11.0 Å². The number of phenolic OH excluding ortho intramolecular Hbond substituents is 1. The molecule has 10 N–H and O–H groups in total. The van der Waals surface area contributed by atoms with Gasteiger partial charge in [-0.05, 0) is 25.1 Å². The van der Waals surface area contributed by atoms with Crippen molar-refractivity contribution in [3.05, 3.63) is 52.1 Å². The molecule has 1 fully saturated rings. The van der Waals surface area contributed by atoms with E-state index in [9.17, 15) is 55.9 Å². The van der Waals surface area contributed by atoms with Gasteiger partial charge in [-0.15, -0.1) is 0 Å². The summed E-state index contributed by atoms with van der Waals surface area (Å²) < 4.78 is 45.0. The van der Waals surface area contributed by atoms with Crippen LogP contribution in [0.3, 0.4) is 0 Å². The van der Waals surface area contributed by atoms with E-state index in [4.69, 9.17) is 37.6 Å². The quantitative estimate of drug-likeness (QED) is 0.0886. The Morgan fingerprint density at radius 1 is 0.750 bits per heavy atom. The van der Waals surface area contributed by atoms with Crippen LogP contribution in [0.15, 0.2) is 51.1 Å². The summed E-state index contributed by atoms with van der Waals surface area (Å²) in [6, 6.07) is 6.57. The molecule has 2 aliphatic heterocycles. The Labute approximate surface area is 294 Å². The highest BCUT2D eigenvalue weighted by molar-refractivity contribution is 5.88. The second-order valence-corrected chi connectivity index (χ2v) is 11.6. The lowest BCUT2D eigenvalue weighted by Gasteiger charge is -2.41. The molecule has 1 saturated heterocycles. The molecule has 0 amide bonds. The Balaban J connectivity index is 1.54. The summed E-state index contributed by atoms with van der Waals surface area (Å²) in [6.45, 7) is -0.741. The van der Waals surface area contributed by atoms with E-state index >= 15 is 0 Å². The van der Waals surface area contributed by atoms with Crippen LogP contribution >= 0.6 is 0 Å². The van der Waals surface area contributed by atoms with E-state index in [0.717, 1.165) is 6.07 Å². The summed E-state index contributed by atoms with van der Waals surface area (Å²) in [5.74, 6) is -2.75. The van der Waals surface area contributed by atoms with Gasteiger partial charge in [0.1, 0.15) is 72.8 Å². The molecule has 0 bridgehead atoms. The molecule has 19 heteroatoms. The van der Waals surface area contributed by atoms with Gasteiger partial charge in [0.05, 0.1) is 26.4 Å². The number of aromatic hydroxyl groups is 1. The standard InChI is InChI=1S/C33H40O19/c1-14-23(38)26(41)28(43)32(49-14)48-13-21-24(39)27(42)29(44)33(51-21)52-31-25(40)22-17(37)11-16(45-7-4-34)12-20(22)50-30(31)15-2-3-18(46-8-5-35)19(10-15)47-9-6-36/h2-3,10-12,14,21,24,27-29,32-39,41-44H,4-9,13H2,1H3/t14?,21?,24-,27?,28?,29?,32-,33+/m1/s1. The third-order valence-corrected chi connectivity index (χ3v) is 8.02. The lowest BCUT2D eigenvalue weighted by molar-refractivity contribution is -0.296. The summed E-state index contributed by atoms with van der Waals surface area (Å²) in [5.41, 5.74) is -1.09. The smallest absolute Gasteiger partial charge is 0.239 e. The summed E-state index contributed by atoms with van der Waals surface area (Å²) in [6.07, 6.45) is -13.6. The fourth-order valence-electron chi connectivity index (χ4n) is 5.41. The minimum absolute atomic E-state index is 0.0352. The molecule has 8 atom stereocenters. The van der Waals surface area contributed by atoms with Crippen LogP contribution in [0.25, 0.3) is 22.3 Å². The fourth-order valence-corrected chi connectivity index (χ4v) is 5.41. The minimum atomic E-state index is -1.99. The highest BCUT2D eigenvalue weighted by Crippen LogP contribution is 2.40. The van der Waals surface area contributed by atoms with Crippen LogP contribution in [-0.4, -0.2) is 147 Å². The van der Waals surface area contributed by atoms with E-state index in [1.54, 1.807) is 0 Å². The van der Waals surface area contributed by atoms with Gasteiger partial charge in [0.15, 0.2) is 41.2 Å². The average Bonchev–Trinajstić information content (AvgIpc) is 3.13. The summed E-state index contributed by atoms with van der Waals surface area (Å²) >= 11 is 0. The Bertz CT molecular complexity index is 1770. The molecule has 19 nitrogen and oxygen atoms in total. The van der Waals surface area contributed by atoms with Gasteiger partial charge in [-0.1, -0.05) is 0 Å². The average molecular weight is 741 g/mol. The molecular formula is C33H40O19. The first-order chi connectivity index (χ1) is 24.9. The molecule has 1 aromatic heterocycles. The van der Waals surface area contributed by atoms with Gasteiger partial charge in [0.2, 0.25) is 17.5 Å². The van der Waals surface area contributed by atoms with E-state index in [1.165, 1.54) is 31.2 Å². The largest absolute Gasteiger partial charge is 0.507 e. The van der Waals surface area contributed by atoms with Gasteiger partial charge in [-0.2, -0.15) is 0 Å². The van der Waals surface area contributed by atoms with Crippen LogP contribution in [0, 0.1) is 0 Å². The number of aliphatic hydroxyl groups is 9. The Hall–Kier alpha value is -4.41. The van der Waals surface area contributed by atoms with Gasteiger partial charge < -0.3 is 88.6 Å².